The first kappa shape index (κ1) is 17.2. The third-order valence-electron chi connectivity index (χ3n) is 3.75. The normalized spacial score (nSPS) is 12.6. The third kappa shape index (κ3) is 4.21. The predicted octanol–water partition coefficient (Wildman–Crippen LogP) is 3.01. The number of nitrogens with zero attached hydrogens (tertiary/aromatic N) is 3. The second-order valence-corrected chi connectivity index (χ2v) is 6.32. The van der Waals surface area contributed by atoms with Gasteiger partial charge in [0.25, 0.3) is 5.91 Å². The van der Waals surface area contributed by atoms with Gasteiger partial charge in [-0.25, -0.2) is 4.98 Å². The van der Waals surface area contributed by atoms with E-state index in [4.69, 9.17) is 0 Å². The molecule has 0 bridgehead atoms. The molecule has 0 radical (unpaired) electrons. The Labute approximate surface area is 137 Å². The van der Waals surface area contributed by atoms with Gasteiger partial charge in [0.05, 0.1) is 11.7 Å². The molecule has 0 aromatic carbocycles. The molecule has 2 aromatic heterocycles. The quantitative estimate of drug-likeness (QED) is 0.824. The Balaban J connectivity index is 2.17. The first-order valence-electron chi connectivity index (χ1n) is 8.33. The fraction of sp³-hybridized carbons (Fsp3) is 0.588. The molecule has 1 atom stereocenters. The zero-order valence-corrected chi connectivity index (χ0v) is 14.7. The molecule has 1 unspecified atom stereocenters. The molecular formula is C17H27N5O. The monoisotopic (exact) mass is 317 g/mol. The molecular weight excluding hydrogens is 290 g/mol. The molecule has 23 heavy (non-hydrogen) atoms. The average Bonchev–Trinajstić information content (AvgIpc) is 3.10. The largest absolute Gasteiger partial charge is 0.344 e. The van der Waals surface area contributed by atoms with Gasteiger partial charge in [0.2, 0.25) is 0 Å². The molecule has 2 rings (SSSR count). The highest BCUT2D eigenvalue weighted by Crippen LogP contribution is 2.15. The summed E-state index contributed by atoms with van der Waals surface area (Å²) in [5.41, 5.74) is 2.57. The number of H-pyrrole nitrogens is 1. The molecule has 6 nitrogen and oxygen atoms in total. The van der Waals surface area contributed by atoms with Crippen LogP contribution in [0.2, 0.25) is 0 Å². The molecule has 0 saturated heterocycles. The van der Waals surface area contributed by atoms with Crippen molar-refractivity contribution in [2.45, 2.75) is 60.0 Å². The zero-order chi connectivity index (χ0) is 17.0. The fourth-order valence-electron chi connectivity index (χ4n) is 2.62. The van der Waals surface area contributed by atoms with Gasteiger partial charge >= 0.3 is 0 Å². The first-order valence-corrected chi connectivity index (χ1v) is 8.33. The molecule has 0 aliphatic rings. The molecule has 0 spiro atoms. The van der Waals surface area contributed by atoms with Crippen molar-refractivity contribution in [3.05, 3.63) is 35.2 Å². The number of carbonyl (C=O) groups excluding carboxylic acids is 1. The van der Waals surface area contributed by atoms with Crippen molar-refractivity contribution in [1.29, 1.82) is 0 Å². The minimum Gasteiger partial charge on any atom is -0.344 e. The maximum absolute atomic E-state index is 12.7. The van der Waals surface area contributed by atoms with E-state index in [1.165, 1.54) is 0 Å². The number of amides is 1. The van der Waals surface area contributed by atoms with Crippen LogP contribution in [0, 0.1) is 12.8 Å². The number of nitrogens with one attached hydrogen (secondary N) is 2. The standard InChI is InChI=1S/C17H27N5O/c1-6-14(16-18-10-12(5)19-16)20-17(23)15-9-13(8-11(3)4)21-22(15)7-2/h9-11,14H,6-8H2,1-5H3,(H,18,19)(H,20,23). The van der Waals surface area contributed by atoms with E-state index in [1.54, 1.807) is 10.9 Å². The molecule has 1 amide bonds. The molecule has 0 saturated carbocycles. The van der Waals surface area contributed by atoms with Gasteiger partial charge in [-0.15, -0.1) is 0 Å². The lowest BCUT2D eigenvalue weighted by atomic mass is 10.1. The third-order valence-corrected chi connectivity index (χ3v) is 3.75. The summed E-state index contributed by atoms with van der Waals surface area (Å²) in [6, 6.07) is 1.78. The van der Waals surface area contributed by atoms with Crippen LogP contribution in [0.1, 0.15) is 67.9 Å². The van der Waals surface area contributed by atoms with E-state index < -0.39 is 0 Å². The van der Waals surface area contributed by atoms with Crippen molar-refractivity contribution in [3.63, 3.8) is 0 Å². The van der Waals surface area contributed by atoms with Gasteiger partial charge in [-0.05, 0) is 38.7 Å². The number of carbonyl (C=O) groups is 1. The molecule has 0 aliphatic carbocycles. The summed E-state index contributed by atoms with van der Waals surface area (Å²) in [6.07, 6.45) is 3.43. The molecule has 6 heteroatoms. The van der Waals surface area contributed by atoms with Crippen molar-refractivity contribution < 1.29 is 4.79 Å². The van der Waals surface area contributed by atoms with Crippen LogP contribution >= 0.6 is 0 Å². The second-order valence-electron chi connectivity index (χ2n) is 6.32. The topological polar surface area (TPSA) is 75.6 Å². The van der Waals surface area contributed by atoms with Crippen molar-refractivity contribution in [2.75, 3.05) is 0 Å². The Morgan fingerprint density at radius 2 is 2.13 bits per heavy atom. The minimum absolute atomic E-state index is 0.102. The Kier molecular flexibility index (Phi) is 5.58. The number of aromatic amines is 1. The average molecular weight is 317 g/mol. The SMILES string of the molecule is CCC(NC(=O)c1cc(CC(C)C)nn1CC)c1ncc(C)[nH]1. The van der Waals surface area contributed by atoms with E-state index >= 15 is 0 Å². The summed E-state index contributed by atoms with van der Waals surface area (Å²) in [6.45, 7) is 11.0. The van der Waals surface area contributed by atoms with E-state index in [0.29, 0.717) is 18.2 Å². The van der Waals surface area contributed by atoms with Crippen molar-refractivity contribution >= 4 is 5.91 Å². The molecule has 126 valence electrons. The van der Waals surface area contributed by atoms with Gasteiger partial charge in [0, 0.05) is 18.4 Å². The first-order chi connectivity index (χ1) is 10.9. The van der Waals surface area contributed by atoms with E-state index in [2.05, 4.69) is 34.2 Å². The highest BCUT2D eigenvalue weighted by atomic mass is 16.2. The lowest BCUT2D eigenvalue weighted by Crippen LogP contribution is -2.30. The van der Waals surface area contributed by atoms with Crippen LogP contribution in [-0.4, -0.2) is 25.7 Å². The molecule has 2 heterocycles. The Bertz CT molecular complexity index is 656. The number of imidazole rings is 1. The maximum Gasteiger partial charge on any atom is 0.270 e. The second kappa shape index (κ2) is 7.44. The smallest absolute Gasteiger partial charge is 0.270 e. The van der Waals surface area contributed by atoms with E-state index in [9.17, 15) is 4.79 Å². The number of hydrogen-bond acceptors (Lipinski definition) is 3. The summed E-state index contributed by atoms with van der Waals surface area (Å²) in [5.74, 6) is 1.21. The fourth-order valence-corrected chi connectivity index (χ4v) is 2.62. The zero-order valence-electron chi connectivity index (χ0n) is 14.7. The number of aryl methyl sites for hydroxylation is 2. The summed E-state index contributed by atoms with van der Waals surface area (Å²) in [7, 11) is 0. The van der Waals surface area contributed by atoms with Gasteiger partial charge in [-0.2, -0.15) is 5.10 Å². The van der Waals surface area contributed by atoms with Gasteiger partial charge < -0.3 is 10.3 Å². The predicted molar refractivity (Wildman–Crippen MR) is 90.3 cm³/mol. The van der Waals surface area contributed by atoms with Crippen LogP contribution in [0.4, 0.5) is 0 Å². The molecule has 2 N–H and O–H groups in total. The molecule has 0 fully saturated rings. The van der Waals surface area contributed by atoms with E-state index in [-0.39, 0.29) is 11.9 Å². The number of hydrogen-bond donors (Lipinski definition) is 2. The number of rotatable bonds is 7. The summed E-state index contributed by atoms with van der Waals surface area (Å²) in [4.78, 5) is 20.2. The van der Waals surface area contributed by atoms with Crippen LogP contribution in [0.5, 0.6) is 0 Å². The van der Waals surface area contributed by atoms with Crippen LogP contribution in [0.15, 0.2) is 12.3 Å². The van der Waals surface area contributed by atoms with Crippen LogP contribution in [0.25, 0.3) is 0 Å². The van der Waals surface area contributed by atoms with Crippen LogP contribution in [-0.2, 0) is 13.0 Å². The van der Waals surface area contributed by atoms with E-state index in [0.717, 1.165) is 30.1 Å². The summed E-state index contributed by atoms with van der Waals surface area (Å²) in [5, 5.41) is 7.59. The minimum atomic E-state index is -0.120. The Morgan fingerprint density at radius 1 is 1.39 bits per heavy atom. The molecule has 2 aromatic rings. The van der Waals surface area contributed by atoms with Crippen LogP contribution in [0.3, 0.4) is 0 Å². The lowest BCUT2D eigenvalue weighted by molar-refractivity contribution is 0.0923. The molecule has 0 aliphatic heterocycles. The van der Waals surface area contributed by atoms with Crippen LogP contribution < -0.4 is 5.32 Å². The highest BCUT2D eigenvalue weighted by Gasteiger charge is 2.20. The van der Waals surface area contributed by atoms with E-state index in [1.807, 2.05) is 26.8 Å². The number of aromatic nitrogens is 4. The van der Waals surface area contributed by atoms with Crippen molar-refractivity contribution in [3.8, 4) is 0 Å². The van der Waals surface area contributed by atoms with Gasteiger partial charge in [0.15, 0.2) is 0 Å². The van der Waals surface area contributed by atoms with Crippen molar-refractivity contribution in [2.24, 2.45) is 5.92 Å². The Hall–Kier alpha value is -2.11. The van der Waals surface area contributed by atoms with Gasteiger partial charge in [-0.1, -0.05) is 20.8 Å². The summed E-state index contributed by atoms with van der Waals surface area (Å²) < 4.78 is 1.77. The summed E-state index contributed by atoms with van der Waals surface area (Å²) >= 11 is 0. The Morgan fingerprint density at radius 3 is 2.65 bits per heavy atom. The maximum atomic E-state index is 12.7. The van der Waals surface area contributed by atoms with Crippen molar-refractivity contribution in [1.82, 2.24) is 25.1 Å². The lowest BCUT2D eigenvalue weighted by Gasteiger charge is -2.15. The highest BCUT2D eigenvalue weighted by molar-refractivity contribution is 5.92. The van der Waals surface area contributed by atoms with Gasteiger partial charge in [0.1, 0.15) is 11.5 Å². The van der Waals surface area contributed by atoms with Gasteiger partial charge in [-0.3, -0.25) is 9.48 Å².